The Hall–Kier alpha value is -1.02. The van der Waals surface area contributed by atoms with Crippen molar-refractivity contribution in [3.63, 3.8) is 0 Å². The summed E-state index contributed by atoms with van der Waals surface area (Å²) in [6, 6.07) is 7.11. The molecule has 1 atom stereocenters. The van der Waals surface area contributed by atoms with E-state index in [0.717, 1.165) is 5.69 Å². The van der Waals surface area contributed by atoms with Crippen LogP contribution in [-0.2, 0) is 6.42 Å². The molecule has 1 aromatic rings. The first-order valence-electron chi connectivity index (χ1n) is 5.97. The molecule has 1 fully saturated rings. The molecule has 2 heterocycles. The Balaban J connectivity index is 2.01. The van der Waals surface area contributed by atoms with Crippen molar-refractivity contribution in [1.29, 1.82) is 0 Å². The molecule has 1 saturated heterocycles. The standard InChI is InChI=1S/C13H18N2/c14-11-5-4-10-6-8-15-7-2-1-3-13(15)12(10)9-11/h4-5,9,13H,1-3,6-8,14H2. The Morgan fingerprint density at radius 2 is 2.13 bits per heavy atom. The van der Waals surface area contributed by atoms with E-state index in [9.17, 15) is 0 Å². The molecule has 2 N–H and O–H groups in total. The van der Waals surface area contributed by atoms with Gasteiger partial charge in [0, 0.05) is 18.3 Å². The number of fused-ring (bicyclic) bond motifs is 3. The average molecular weight is 202 g/mol. The lowest BCUT2D eigenvalue weighted by molar-refractivity contribution is 0.139. The molecular formula is C13H18N2. The van der Waals surface area contributed by atoms with Crippen LogP contribution in [0.2, 0.25) is 0 Å². The number of nitrogens with two attached hydrogens (primary N) is 1. The van der Waals surface area contributed by atoms with Crippen molar-refractivity contribution in [3.8, 4) is 0 Å². The van der Waals surface area contributed by atoms with Crippen molar-refractivity contribution in [2.75, 3.05) is 18.8 Å². The maximum Gasteiger partial charge on any atom is 0.0351 e. The summed E-state index contributed by atoms with van der Waals surface area (Å²) < 4.78 is 0. The Labute approximate surface area is 91.1 Å². The lowest BCUT2D eigenvalue weighted by atomic mass is 9.87. The average Bonchev–Trinajstić information content (AvgIpc) is 2.29. The van der Waals surface area contributed by atoms with E-state index in [1.165, 1.54) is 49.9 Å². The highest BCUT2D eigenvalue weighted by atomic mass is 15.2. The number of hydrogen-bond donors (Lipinski definition) is 1. The van der Waals surface area contributed by atoms with Crippen LogP contribution in [0.25, 0.3) is 0 Å². The van der Waals surface area contributed by atoms with Gasteiger partial charge in [-0.3, -0.25) is 4.90 Å². The van der Waals surface area contributed by atoms with E-state index in [0.29, 0.717) is 6.04 Å². The van der Waals surface area contributed by atoms with Gasteiger partial charge in [0.15, 0.2) is 0 Å². The number of nitrogen functional groups attached to an aromatic ring is 1. The summed E-state index contributed by atoms with van der Waals surface area (Å²) in [6.07, 6.45) is 5.26. The van der Waals surface area contributed by atoms with Gasteiger partial charge in [0.2, 0.25) is 0 Å². The van der Waals surface area contributed by atoms with E-state index in [1.807, 2.05) is 6.07 Å². The third-order valence-electron chi connectivity index (χ3n) is 3.81. The molecule has 2 nitrogen and oxygen atoms in total. The molecule has 0 radical (unpaired) electrons. The molecule has 15 heavy (non-hydrogen) atoms. The van der Waals surface area contributed by atoms with Crippen molar-refractivity contribution in [3.05, 3.63) is 29.3 Å². The third kappa shape index (κ3) is 1.53. The predicted molar refractivity (Wildman–Crippen MR) is 62.7 cm³/mol. The van der Waals surface area contributed by atoms with Gasteiger partial charge in [-0.15, -0.1) is 0 Å². The van der Waals surface area contributed by atoms with Gasteiger partial charge < -0.3 is 5.73 Å². The fraction of sp³-hybridized carbons (Fsp3) is 0.538. The topological polar surface area (TPSA) is 29.3 Å². The summed E-state index contributed by atoms with van der Waals surface area (Å²) in [7, 11) is 0. The third-order valence-corrected chi connectivity index (χ3v) is 3.81. The molecule has 0 aliphatic carbocycles. The van der Waals surface area contributed by atoms with Crippen LogP contribution in [-0.4, -0.2) is 18.0 Å². The largest absolute Gasteiger partial charge is 0.399 e. The first-order chi connectivity index (χ1) is 7.34. The zero-order valence-electron chi connectivity index (χ0n) is 9.08. The molecule has 0 saturated carbocycles. The van der Waals surface area contributed by atoms with Gasteiger partial charge in [-0.25, -0.2) is 0 Å². The zero-order chi connectivity index (χ0) is 10.3. The van der Waals surface area contributed by atoms with Gasteiger partial charge in [-0.05, 0) is 49.1 Å². The van der Waals surface area contributed by atoms with Gasteiger partial charge >= 0.3 is 0 Å². The van der Waals surface area contributed by atoms with Crippen LogP contribution in [0.3, 0.4) is 0 Å². The quantitative estimate of drug-likeness (QED) is 0.654. The van der Waals surface area contributed by atoms with Crippen LogP contribution < -0.4 is 5.73 Å². The molecule has 3 rings (SSSR count). The van der Waals surface area contributed by atoms with Crippen LogP contribution >= 0.6 is 0 Å². The maximum atomic E-state index is 5.89. The fourth-order valence-electron chi connectivity index (χ4n) is 3.03. The molecule has 0 bridgehead atoms. The lowest BCUT2D eigenvalue weighted by Crippen LogP contribution is -2.38. The summed E-state index contributed by atoms with van der Waals surface area (Å²) in [6.45, 7) is 2.51. The molecular weight excluding hydrogens is 184 g/mol. The molecule has 2 heteroatoms. The van der Waals surface area contributed by atoms with E-state index in [2.05, 4.69) is 17.0 Å². The van der Waals surface area contributed by atoms with Crippen molar-refractivity contribution >= 4 is 5.69 Å². The molecule has 80 valence electrons. The van der Waals surface area contributed by atoms with E-state index in [4.69, 9.17) is 5.73 Å². The molecule has 2 aliphatic heterocycles. The minimum Gasteiger partial charge on any atom is -0.399 e. The molecule has 1 aromatic carbocycles. The number of hydrogen-bond acceptors (Lipinski definition) is 2. The lowest BCUT2D eigenvalue weighted by Gasteiger charge is -2.40. The SMILES string of the molecule is Nc1ccc2c(c1)C1CCCCN1CC2. The normalized spacial score (nSPS) is 25.7. The highest BCUT2D eigenvalue weighted by molar-refractivity contribution is 5.47. The maximum absolute atomic E-state index is 5.89. The van der Waals surface area contributed by atoms with Gasteiger partial charge in [-0.2, -0.15) is 0 Å². The molecule has 0 aromatic heterocycles. The highest BCUT2D eigenvalue weighted by Gasteiger charge is 2.28. The predicted octanol–water partition coefficient (Wildman–Crippen LogP) is 2.35. The molecule has 0 amide bonds. The monoisotopic (exact) mass is 202 g/mol. The van der Waals surface area contributed by atoms with Gasteiger partial charge in [-0.1, -0.05) is 12.5 Å². The summed E-state index contributed by atoms with van der Waals surface area (Å²) in [5, 5.41) is 0. The van der Waals surface area contributed by atoms with E-state index in [1.54, 1.807) is 0 Å². The number of anilines is 1. The van der Waals surface area contributed by atoms with Crippen molar-refractivity contribution < 1.29 is 0 Å². The van der Waals surface area contributed by atoms with Crippen molar-refractivity contribution in [2.24, 2.45) is 0 Å². The van der Waals surface area contributed by atoms with Gasteiger partial charge in [0.05, 0.1) is 0 Å². The summed E-state index contributed by atoms with van der Waals surface area (Å²) in [4.78, 5) is 2.63. The van der Waals surface area contributed by atoms with E-state index in [-0.39, 0.29) is 0 Å². The fourth-order valence-corrected chi connectivity index (χ4v) is 3.03. The van der Waals surface area contributed by atoms with E-state index >= 15 is 0 Å². The van der Waals surface area contributed by atoms with Crippen LogP contribution in [0.15, 0.2) is 18.2 Å². The minimum absolute atomic E-state index is 0.658. The Morgan fingerprint density at radius 3 is 3.07 bits per heavy atom. The Morgan fingerprint density at radius 1 is 1.20 bits per heavy atom. The highest BCUT2D eigenvalue weighted by Crippen LogP contribution is 2.37. The van der Waals surface area contributed by atoms with Crippen molar-refractivity contribution in [1.82, 2.24) is 4.90 Å². The smallest absolute Gasteiger partial charge is 0.0351 e. The van der Waals surface area contributed by atoms with Crippen LogP contribution in [0.5, 0.6) is 0 Å². The second-order valence-electron chi connectivity index (χ2n) is 4.76. The number of benzene rings is 1. The van der Waals surface area contributed by atoms with Crippen LogP contribution in [0.4, 0.5) is 5.69 Å². The second-order valence-corrected chi connectivity index (χ2v) is 4.76. The Bertz CT molecular complexity index is 373. The van der Waals surface area contributed by atoms with Gasteiger partial charge in [0.1, 0.15) is 0 Å². The first kappa shape index (κ1) is 9.22. The second kappa shape index (κ2) is 3.53. The number of nitrogens with zero attached hydrogens (tertiary/aromatic N) is 1. The summed E-state index contributed by atoms with van der Waals surface area (Å²) in [5.41, 5.74) is 9.82. The molecule has 1 unspecified atom stereocenters. The number of rotatable bonds is 0. The van der Waals surface area contributed by atoms with Crippen molar-refractivity contribution in [2.45, 2.75) is 31.7 Å². The Kier molecular flexibility index (Phi) is 2.17. The zero-order valence-corrected chi connectivity index (χ0v) is 9.08. The first-order valence-corrected chi connectivity index (χ1v) is 5.97. The van der Waals surface area contributed by atoms with E-state index < -0.39 is 0 Å². The van der Waals surface area contributed by atoms with Gasteiger partial charge in [0.25, 0.3) is 0 Å². The minimum atomic E-state index is 0.658. The molecule has 0 spiro atoms. The molecule has 2 aliphatic rings. The number of piperidine rings is 1. The van der Waals surface area contributed by atoms with Crippen LogP contribution in [0.1, 0.15) is 36.4 Å². The summed E-state index contributed by atoms with van der Waals surface area (Å²) in [5.74, 6) is 0. The summed E-state index contributed by atoms with van der Waals surface area (Å²) >= 11 is 0. The van der Waals surface area contributed by atoms with Crippen LogP contribution in [0, 0.1) is 0 Å².